The Hall–Kier alpha value is -1.06. The molecule has 4 heteroatoms. The molecule has 3 N–H and O–H groups in total. The number of amides is 1. The standard InChI is InChI=1S/C11H13ClN2O/c12-9-4-2-8(3-5-9)11(6-1-7-11)10(15)14-13/h2-5H,1,6-7,13H2,(H,14,15). The predicted molar refractivity (Wildman–Crippen MR) is 59.3 cm³/mol. The van der Waals surface area contributed by atoms with Gasteiger partial charge in [0.25, 0.3) is 0 Å². The van der Waals surface area contributed by atoms with Crippen LogP contribution in [0, 0.1) is 0 Å². The van der Waals surface area contributed by atoms with Crippen LogP contribution in [-0.4, -0.2) is 5.91 Å². The van der Waals surface area contributed by atoms with E-state index >= 15 is 0 Å². The summed E-state index contributed by atoms with van der Waals surface area (Å²) in [7, 11) is 0. The van der Waals surface area contributed by atoms with Gasteiger partial charge in [0.1, 0.15) is 0 Å². The zero-order chi connectivity index (χ0) is 10.9. The number of hydrogen-bond donors (Lipinski definition) is 2. The summed E-state index contributed by atoms with van der Waals surface area (Å²) in [6.07, 6.45) is 2.78. The first-order valence-electron chi connectivity index (χ1n) is 4.96. The van der Waals surface area contributed by atoms with Gasteiger partial charge in [-0.2, -0.15) is 0 Å². The second-order valence-corrected chi connectivity index (χ2v) is 4.35. The number of nitrogens with one attached hydrogen (secondary N) is 1. The Labute approximate surface area is 93.6 Å². The van der Waals surface area contributed by atoms with E-state index in [1.54, 1.807) is 12.1 Å². The lowest BCUT2D eigenvalue weighted by Crippen LogP contribution is -2.51. The fourth-order valence-corrected chi connectivity index (χ4v) is 2.21. The fraction of sp³-hybridized carbons (Fsp3) is 0.364. The Morgan fingerprint density at radius 3 is 2.33 bits per heavy atom. The Balaban J connectivity index is 2.34. The lowest BCUT2D eigenvalue weighted by molar-refractivity contribution is -0.130. The summed E-state index contributed by atoms with van der Waals surface area (Å²) in [5.74, 6) is 5.11. The average molecular weight is 225 g/mol. The topological polar surface area (TPSA) is 55.1 Å². The molecule has 1 aliphatic carbocycles. The Bertz CT molecular complexity index is 371. The third-order valence-electron chi connectivity index (χ3n) is 3.17. The van der Waals surface area contributed by atoms with Crippen LogP contribution in [0.4, 0.5) is 0 Å². The smallest absolute Gasteiger partial charge is 0.244 e. The van der Waals surface area contributed by atoms with Gasteiger partial charge >= 0.3 is 0 Å². The van der Waals surface area contributed by atoms with Gasteiger partial charge in [0.05, 0.1) is 5.41 Å². The Morgan fingerprint density at radius 2 is 1.93 bits per heavy atom. The minimum atomic E-state index is -0.417. The first kappa shape index (κ1) is 10.5. The van der Waals surface area contributed by atoms with Crippen LogP contribution >= 0.6 is 11.6 Å². The first-order chi connectivity index (χ1) is 7.19. The van der Waals surface area contributed by atoms with E-state index in [-0.39, 0.29) is 5.91 Å². The van der Waals surface area contributed by atoms with Crippen molar-refractivity contribution in [3.8, 4) is 0 Å². The second-order valence-electron chi connectivity index (χ2n) is 3.92. The molecule has 0 unspecified atom stereocenters. The minimum absolute atomic E-state index is 0.101. The highest BCUT2D eigenvalue weighted by Crippen LogP contribution is 2.43. The van der Waals surface area contributed by atoms with Crippen molar-refractivity contribution in [2.75, 3.05) is 0 Å². The maximum Gasteiger partial charge on any atom is 0.244 e. The molecule has 0 aliphatic heterocycles. The van der Waals surface area contributed by atoms with Crippen LogP contribution in [0.1, 0.15) is 24.8 Å². The molecule has 0 heterocycles. The number of carbonyl (C=O) groups is 1. The number of hydrogen-bond acceptors (Lipinski definition) is 2. The zero-order valence-electron chi connectivity index (χ0n) is 8.29. The molecule has 0 bridgehead atoms. The molecular formula is C11H13ClN2O. The number of benzene rings is 1. The van der Waals surface area contributed by atoms with Crippen LogP contribution in [0.2, 0.25) is 5.02 Å². The highest BCUT2D eigenvalue weighted by atomic mass is 35.5. The highest BCUT2D eigenvalue weighted by molar-refractivity contribution is 6.30. The highest BCUT2D eigenvalue weighted by Gasteiger charge is 2.45. The first-order valence-corrected chi connectivity index (χ1v) is 5.34. The van der Waals surface area contributed by atoms with Crippen molar-refractivity contribution in [1.29, 1.82) is 0 Å². The van der Waals surface area contributed by atoms with E-state index in [2.05, 4.69) is 5.43 Å². The van der Waals surface area contributed by atoms with Crippen LogP contribution in [0.25, 0.3) is 0 Å². The summed E-state index contributed by atoms with van der Waals surface area (Å²) in [4.78, 5) is 11.7. The summed E-state index contributed by atoms with van der Waals surface area (Å²) in [6.45, 7) is 0. The Kier molecular flexibility index (Phi) is 2.67. The molecule has 1 saturated carbocycles. The molecule has 1 amide bonds. The van der Waals surface area contributed by atoms with E-state index in [1.807, 2.05) is 12.1 Å². The number of carbonyl (C=O) groups excluding carboxylic acids is 1. The molecular weight excluding hydrogens is 212 g/mol. The van der Waals surface area contributed by atoms with E-state index in [4.69, 9.17) is 17.4 Å². The molecule has 15 heavy (non-hydrogen) atoms. The van der Waals surface area contributed by atoms with Gasteiger partial charge in [-0.15, -0.1) is 0 Å². The molecule has 80 valence electrons. The summed E-state index contributed by atoms with van der Waals surface area (Å²) in [5, 5.41) is 0.682. The number of hydrazine groups is 1. The van der Waals surface area contributed by atoms with Crippen molar-refractivity contribution in [2.24, 2.45) is 5.84 Å². The lowest BCUT2D eigenvalue weighted by Gasteiger charge is -2.40. The van der Waals surface area contributed by atoms with Gasteiger partial charge < -0.3 is 0 Å². The van der Waals surface area contributed by atoms with E-state index in [1.165, 1.54) is 0 Å². The van der Waals surface area contributed by atoms with E-state index < -0.39 is 5.41 Å². The third kappa shape index (κ3) is 1.62. The maximum atomic E-state index is 11.7. The van der Waals surface area contributed by atoms with Gasteiger partial charge in [-0.25, -0.2) is 5.84 Å². The van der Waals surface area contributed by atoms with Gasteiger partial charge in [-0.05, 0) is 30.5 Å². The van der Waals surface area contributed by atoms with Crippen LogP contribution in [0.3, 0.4) is 0 Å². The number of nitrogens with two attached hydrogens (primary N) is 1. The van der Waals surface area contributed by atoms with Crippen molar-refractivity contribution in [1.82, 2.24) is 5.43 Å². The molecule has 0 atom stereocenters. The number of halogens is 1. The van der Waals surface area contributed by atoms with Crippen LogP contribution in [0.15, 0.2) is 24.3 Å². The second kappa shape index (κ2) is 3.83. The van der Waals surface area contributed by atoms with Crippen molar-refractivity contribution in [3.63, 3.8) is 0 Å². The van der Waals surface area contributed by atoms with Crippen LogP contribution in [0.5, 0.6) is 0 Å². The summed E-state index contributed by atoms with van der Waals surface area (Å²) in [5.41, 5.74) is 2.83. The van der Waals surface area contributed by atoms with Crippen molar-refractivity contribution in [3.05, 3.63) is 34.9 Å². The summed E-state index contributed by atoms with van der Waals surface area (Å²) < 4.78 is 0. The summed E-state index contributed by atoms with van der Waals surface area (Å²) >= 11 is 5.81. The van der Waals surface area contributed by atoms with Gasteiger partial charge in [0, 0.05) is 5.02 Å². The van der Waals surface area contributed by atoms with Gasteiger partial charge in [-0.3, -0.25) is 10.2 Å². The zero-order valence-corrected chi connectivity index (χ0v) is 9.05. The normalized spacial score (nSPS) is 18.0. The van der Waals surface area contributed by atoms with E-state index in [0.717, 1.165) is 24.8 Å². The molecule has 3 nitrogen and oxygen atoms in total. The van der Waals surface area contributed by atoms with E-state index in [0.29, 0.717) is 5.02 Å². The molecule has 0 aromatic heterocycles. The van der Waals surface area contributed by atoms with Crippen molar-refractivity contribution < 1.29 is 4.79 Å². The quantitative estimate of drug-likeness (QED) is 0.457. The van der Waals surface area contributed by atoms with E-state index in [9.17, 15) is 4.79 Å². The predicted octanol–water partition coefficient (Wildman–Crippen LogP) is 1.75. The monoisotopic (exact) mass is 224 g/mol. The molecule has 1 aliphatic rings. The molecule has 1 aromatic rings. The fourth-order valence-electron chi connectivity index (χ4n) is 2.08. The minimum Gasteiger partial charge on any atom is -0.293 e. The van der Waals surface area contributed by atoms with Crippen LogP contribution < -0.4 is 11.3 Å². The third-order valence-corrected chi connectivity index (χ3v) is 3.42. The number of rotatable bonds is 2. The Morgan fingerprint density at radius 1 is 1.33 bits per heavy atom. The molecule has 0 saturated heterocycles. The lowest BCUT2D eigenvalue weighted by atomic mass is 9.64. The maximum absolute atomic E-state index is 11.7. The van der Waals surface area contributed by atoms with Gasteiger partial charge in [-0.1, -0.05) is 30.2 Å². The SMILES string of the molecule is NNC(=O)C1(c2ccc(Cl)cc2)CCC1. The molecule has 0 spiro atoms. The molecule has 1 aromatic carbocycles. The van der Waals surface area contributed by atoms with Gasteiger partial charge in [0.15, 0.2) is 0 Å². The van der Waals surface area contributed by atoms with Crippen LogP contribution in [-0.2, 0) is 10.2 Å². The molecule has 0 radical (unpaired) electrons. The van der Waals surface area contributed by atoms with Crippen molar-refractivity contribution >= 4 is 17.5 Å². The van der Waals surface area contributed by atoms with Crippen molar-refractivity contribution in [2.45, 2.75) is 24.7 Å². The average Bonchev–Trinajstić information content (AvgIpc) is 2.19. The largest absolute Gasteiger partial charge is 0.293 e. The summed E-state index contributed by atoms with van der Waals surface area (Å²) in [6, 6.07) is 7.41. The molecule has 1 fully saturated rings. The van der Waals surface area contributed by atoms with Gasteiger partial charge in [0.2, 0.25) is 5.91 Å². The molecule has 2 rings (SSSR count).